The van der Waals surface area contributed by atoms with Crippen LogP contribution in [0.25, 0.3) is 0 Å². The molecule has 1 aromatic rings. The molecule has 2 saturated heterocycles. The zero-order valence-corrected chi connectivity index (χ0v) is 11.0. The second kappa shape index (κ2) is 4.93. The van der Waals surface area contributed by atoms with Crippen LogP contribution < -0.4 is 10.2 Å². The van der Waals surface area contributed by atoms with Gasteiger partial charge in [0.2, 0.25) is 5.91 Å². The van der Waals surface area contributed by atoms with E-state index in [-0.39, 0.29) is 17.1 Å². The van der Waals surface area contributed by atoms with Gasteiger partial charge in [-0.25, -0.2) is 4.39 Å². The molecule has 1 spiro atoms. The average molecular weight is 262 g/mol. The van der Waals surface area contributed by atoms with Gasteiger partial charge >= 0.3 is 0 Å². The average Bonchev–Trinajstić information content (AvgIpc) is 2.43. The fourth-order valence-corrected chi connectivity index (χ4v) is 3.33. The second-order valence-corrected chi connectivity index (χ2v) is 5.57. The maximum atomic E-state index is 13.3. The van der Waals surface area contributed by atoms with Crippen LogP contribution in [0.5, 0.6) is 0 Å². The number of piperidine rings is 2. The van der Waals surface area contributed by atoms with Crippen molar-refractivity contribution in [1.82, 2.24) is 5.32 Å². The summed E-state index contributed by atoms with van der Waals surface area (Å²) in [6, 6.07) is 6.36. The van der Waals surface area contributed by atoms with Gasteiger partial charge in [0.1, 0.15) is 5.82 Å². The Hall–Kier alpha value is -1.42. The smallest absolute Gasteiger partial charge is 0.233 e. The van der Waals surface area contributed by atoms with Crippen LogP contribution in [0, 0.1) is 11.2 Å². The molecule has 4 heteroatoms. The summed E-state index contributed by atoms with van der Waals surface area (Å²) in [5.74, 6) is -0.0962. The fourth-order valence-electron chi connectivity index (χ4n) is 3.33. The minimum absolute atomic E-state index is 0.186. The molecular weight excluding hydrogens is 243 g/mol. The van der Waals surface area contributed by atoms with Gasteiger partial charge in [0, 0.05) is 12.2 Å². The summed E-state index contributed by atoms with van der Waals surface area (Å²) >= 11 is 0. The van der Waals surface area contributed by atoms with Crippen molar-refractivity contribution < 1.29 is 9.18 Å². The molecule has 2 fully saturated rings. The minimum atomic E-state index is -0.282. The minimum Gasteiger partial charge on any atom is -0.317 e. The van der Waals surface area contributed by atoms with Gasteiger partial charge in [-0.1, -0.05) is 6.07 Å². The van der Waals surface area contributed by atoms with E-state index >= 15 is 0 Å². The largest absolute Gasteiger partial charge is 0.317 e. The molecule has 1 N–H and O–H groups in total. The van der Waals surface area contributed by atoms with Gasteiger partial charge in [0.25, 0.3) is 0 Å². The fraction of sp³-hybridized carbons (Fsp3) is 0.533. The highest BCUT2D eigenvalue weighted by atomic mass is 19.1. The summed E-state index contributed by atoms with van der Waals surface area (Å²) in [6.45, 7) is 2.52. The van der Waals surface area contributed by atoms with Gasteiger partial charge in [-0.3, -0.25) is 4.79 Å². The van der Waals surface area contributed by atoms with E-state index in [0.717, 1.165) is 38.8 Å². The van der Waals surface area contributed by atoms with Gasteiger partial charge in [-0.2, -0.15) is 0 Å². The summed E-state index contributed by atoms with van der Waals surface area (Å²) in [5, 5.41) is 3.31. The molecule has 1 amide bonds. The highest BCUT2D eigenvalue weighted by molar-refractivity contribution is 5.98. The lowest BCUT2D eigenvalue weighted by Crippen LogP contribution is -2.53. The maximum absolute atomic E-state index is 13.3. The number of hydrogen-bond acceptors (Lipinski definition) is 2. The monoisotopic (exact) mass is 262 g/mol. The molecule has 0 aliphatic carbocycles. The molecule has 3 rings (SSSR count). The van der Waals surface area contributed by atoms with Gasteiger partial charge in [-0.05, 0) is 57.0 Å². The Labute approximate surface area is 112 Å². The number of carbonyl (C=O) groups excluding carboxylic acids is 1. The van der Waals surface area contributed by atoms with E-state index in [1.54, 1.807) is 11.0 Å². The topological polar surface area (TPSA) is 32.3 Å². The first-order valence-corrected chi connectivity index (χ1v) is 7.00. The first-order chi connectivity index (χ1) is 9.21. The molecule has 0 unspecified atom stereocenters. The van der Waals surface area contributed by atoms with E-state index in [0.29, 0.717) is 12.2 Å². The molecule has 0 saturated carbocycles. The highest BCUT2D eigenvalue weighted by Gasteiger charge is 2.44. The molecule has 2 aliphatic heterocycles. The quantitative estimate of drug-likeness (QED) is 0.842. The maximum Gasteiger partial charge on any atom is 0.233 e. The molecule has 2 heterocycles. The van der Waals surface area contributed by atoms with Gasteiger partial charge in [0.05, 0.1) is 5.41 Å². The summed E-state index contributed by atoms with van der Waals surface area (Å²) < 4.78 is 13.3. The first-order valence-electron chi connectivity index (χ1n) is 7.00. The van der Waals surface area contributed by atoms with E-state index in [2.05, 4.69) is 5.32 Å². The zero-order valence-electron chi connectivity index (χ0n) is 11.0. The van der Waals surface area contributed by atoms with Gasteiger partial charge in [0.15, 0.2) is 0 Å². The van der Waals surface area contributed by atoms with E-state index in [9.17, 15) is 9.18 Å². The van der Waals surface area contributed by atoms with Crippen molar-refractivity contribution in [2.45, 2.75) is 25.7 Å². The number of benzene rings is 1. The molecule has 19 heavy (non-hydrogen) atoms. The number of halogens is 1. The lowest BCUT2D eigenvalue weighted by Gasteiger charge is -2.44. The number of anilines is 1. The molecule has 0 radical (unpaired) electrons. The van der Waals surface area contributed by atoms with Crippen molar-refractivity contribution >= 4 is 11.6 Å². The molecule has 102 valence electrons. The lowest BCUT2D eigenvalue weighted by atomic mass is 9.72. The molecule has 2 aliphatic rings. The number of carbonyl (C=O) groups is 1. The van der Waals surface area contributed by atoms with Crippen molar-refractivity contribution in [3.05, 3.63) is 30.1 Å². The molecule has 3 nitrogen and oxygen atoms in total. The standard InChI is InChI=1S/C15H19FN2O/c16-12-3-1-4-13(11-12)18-10-2-5-15(14(18)19)6-8-17-9-7-15/h1,3-4,11,17H,2,5-10H2. The SMILES string of the molecule is O=C1N(c2cccc(F)c2)CCCC12CCNCC2. The number of nitrogens with one attached hydrogen (secondary N) is 1. The van der Waals surface area contributed by atoms with E-state index in [4.69, 9.17) is 0 Å². The van der Waals surface area contributed by atoms with Crippen LogP contribution in [0.2, 0.25) is 0 Å². The summed E-state index contributed by atoms with van der Waals surface area (Å²) in [7, 11) is 0. The Morgan fingerprint density at radius 2 is 2.00 bits per heavy atom. The summed E-state index contributed by atoms with van der Waals surface area (Å²) in [6.07, 6.45) is 3.77. The Morgan fingerprint density at radius 1 is 1.21 bits per heavy atom. The summed E-state index contributed by atoms with van der Waals surface area (Å²) in [4.78, 5) is 14.6. The summed E-state index contributed by atoms with van der Waals surface area (Å²) in [5.41, 5.74) is 0.484. The molecule has 1 aromatic carbocycles. The molecule has 0 atom stereocenters. The number of nitrogens with zero attached hydrogens (tertiary/aromatic N) is 1. The van der Waals surface area contributed by atoms with Crippen LogP contribution in [-0.2, 0) is 4.79 Å². The lowest BCUT2D eigenvalue weighted by molar-refractivity contribution is -0.132. The Bertz CT molecular complexity index is 477. The number of amides is 1. The molecule has 0 aromatic heterocycles. The molecule has 0 bridgehead atoms. The van der Waals surface area contributed by atoms with Crippen LogP contribution in [0.4, 0.5) is 10.1 Å². The molecular formula is C15H19FN2O. The van der Waals surface area contributed by atoms with Crippen molar-refractivity contribution in [1.29, 1.82) is 0 Å². The van der Waals surface area contributed by atoms with Crippen LogP contribution >= 0.6 is 0 Å². The van der Waals surface area contributed by atoms with Crippen molar-refractivity contribution in [2.75, 3.05) is 24.5 Å². The number of hydrogen-bond donors (Lipinski definition) is 1. The van der Waals surface area contributed by atoms with Crippen LogP contribution in [-0.4, -0.2) is 25.5 Å². The van der Waals surface area contributed by atoms with Gasteiger partial charge < -0.3 is 10.2 Å². The predicted molar refractivity (Wildman–Crippen MR) is 72.5 cm³/mol. The van der Waals surface area contributed by atoms with Crippen molar-refractivity contribution in [3.8, 4) is 0 Å². The Kier molecular flexibility index (Phi) is 3.27. The van der Waals surface area contributed by atoms with Crippen LogP contribution in [0.1, 0.15) is 25.7 Å². The van der Waals surface area contributed by atoms with Crippen molar-refractivity contribution in [2.24, 2.45) is 5.41 Å². The van der Waals surface area contributed by atoms with Crippen LogP contribution in [0.3, 0.4) is 0 Å². The normalized spacial score (nSPS) is 22.8. The van der Waals surface area contributed by atoms with Crippen molar-refractivity contribution in [3.63, 3.8) is 0 Å². The predicted octanol–water partition coefficient (Wildman–Crippen LogP) is 2.32. The van der Waals surface area contributed by atoms with E-state index in [1.807, 2.05) is 6.07 Å². The Balaban J connectivity index is 1.88. The third-order valence-electron chi connectivity index (χ3n) is 4.42. The number of rotatable bonds is 1. The highest BCUT2D eigenvalue weighted by Crippen LogP contribution is 2.40. The second-order valence-electron chi connectivity index (χ2n) is 5.57. The Morgan fingerprint density at radius 3 is 2.74 bits per heavy atom. The first kappa shape index (κ1) is 12.6. The van der Waals surface area contributed by atoms with E-state index < -0.39 is 0 Å². The van der Waals surface area contributed by atoms with Gasteiger partial charge in [-0.15, -0.1) is 0 Å². The van der Waals surface area contributed by atoms with E-state index in [1.165, 1.54) is 12.1 Å². The van der Waals surface area contributed by atoms with Crippen LogP contribution in [0.15, 0.2) is 24.3 Å². The third-order valence-corrected chi connectivity index (χ3v) is 4.42. The zero-order chi connectivity index (χ0) is 13.3. The third kappa shape index (κ3) is 2.25.